The number of rotatable bonds is 8. The maximum absolute atomic E-state index is 12.9. The van der Waals surface area contributed by atoms with Crippen molar-refractivity contribution in [2.24, 2.45) is 0 Å². The lowest BCUT2D eigenvalue weighted by molar-refractivity contribution is 0.102. The van der Waals surface area contributed by atoms with Gasteiger partial charge in [0.1, 0.15) is 5.75 Å². The summed E-state index contributed by atoms with van der Waals surface area (Å²) in [6.07, 6.45) is 1.84. The van der Waals surface area contributed by atoms with Gasteiger partial charge in [0, 0.05) is 12.1 Å². The number of Topliss-reactive ketones (excluding diaryl/α,β-unsaturated/α-hetero) is 1. The number of carbonyl (C=O) groups excluding carboxylic acids is 1. The van der Waals surface area contributed by atoms with Crippen LogP contribution in [0.2, 0.25) is 5.02 Å². The van der Waals surface area contributed by atoms with Crippen molar-refractivity contribution in [3.05, 3.63) is 63.4 Å². The van der Waals surface area contributed by atoms with Gasteiger partial charge >= 0.3 is 0 Å². The Labute approximate surface area is 172 Å². The monoisotopic (exact) mass is 416 g/mol. The molecule has 28 heavy (non-hydrogen) atoms. The summed E-state index contributed by atoms with van der Waals surface area (Å²) in [5.41, 5.74) is 1.07. The average Bonchev–Trinajstić information content (AvgIpc) is 2.71. The molecule has 0 unspecified atom stereocenters. The fourth-order valence-electron chi connectivity index (χ4n) is 2.82. The Morgan fingerprint density at radius 1 is 1.25 bits per heavy atom. The lowest BCUT2D eigenvalue weighted by Crippen LogP contribution is -2.24. The van der Waals surface area contributed by atoms with Gasteiger partial charge in [-0.2, -0.15) is 0 Å². The molecule has 7 heteroatoms. The van der Waals surface area contributed by atoms with E-state index in [9.17, 15) is 9.59 Å². The standard InChI is InChI=1S/C21H21ClN2O3S/c1-3-4-11-24-20(26)15-7-5-6-8-17(15)23-21(24)28-13-18(25)14-9-10-19(27-2)16(22)12-14/h5-10,12H,3-4,11,13H2,1-2H3. The molecule has 3 aromatic rings. The number of para-hydroxylation sites is 1. The molecule has 146 valence electrons. The van der Waals surface area contributed by atoms with Crippen molar-refractivity contribution in [2.45, 2.75) is 31.5 Å². The Balaban J connectivity index is 1.87. The van der Waals surface area contributed by atoms with Crippen molar-refractivity contribution in [2.75, 3.05) is 12.9 Å². The molecule has 0 aliphatic rings. The van der Waals surface area contributed by atoms with Crippen LogP contribution >= 0.6 is 23.4 Å². The summed E-state index contributed by atoms with van der Waals surface area (Å²) < 4.78 is 6.79. The van der Waals surface area contributed by atoms with Crippen molar-refractivity contribution < 1.29 is 9.53 Å². The SMILES string of the molecule is CCCCn1c(SCC(=O)c2ccc(OC)c(Cl)c2)nc2ccccc2c1=O. The lowest BCUT2D eigenvalue weighted by Gasteiger charge is -2.12. The molecule has 0 fully saturated rings. The largest absolute Gasteiger partial charge is 0.495 e. The molecule has 0 aliphatic carbocycles. The third kappa shape index (κ3) is 4.39. The van der Waals surface area contributed by atoms with Crippen LogP contribution in [-0.4, -0.2) is 28.2 Å². The highest BCUT2D eigenvalue weighted by Crippen LogP contribution is 2.26. The van der Waals surface area contributed by atoms with Gasteiger partial charge in [0.05, 0.1) is 28.8 Å². The molecule has 3 rings (SSSR count). The van der Waals surface area contributed by atoms with Crippen LogP contribution in [0.3, 0.4) is 0 Å². The summed E-state index contributed by atoms with van der Waals surface area (Å²) in [5.74, 6) is 0.606. The van der Waals surface area contributed by atoms with Gasteiger partial charge in [-0.1, -0.05) is 48.8 Å². The highest BCUT2D eigenvalue weighted by atomic mass is 35.5. The molecular weight excluding hydrogens is 396 g/mol. The first kappa shape index (κ1) is 20.4. The molecule has 0 saturated carbocycles. The van der Waals surface area contributed by atoms with E-state index in [1.807, 2.05) is 18.2 Å². The number of nitrogens with zero attached hydrogens (tertiary/aromatic N) is 2. The minimum absolute atomic E-state index is 0.0681. The number of ketones is 1. The number of halogens is 1. The maximum Gasteiger partial charge on any atom is 0.262 e. The van der Waals surface area contributed by atoms with Crippen LogP contribution in [0, 0.1) is 0 Å². The molecule has 0 amide bonds. The topological polar surface area (TPSA) is 61.2 Å². The van der Waals surface area contributed by atoms with Crippen LogP contribution in [0.1, 0.15) is 30.1 Å². The number of hydrogen-bond acceptors (Lipinski definition) is 5. The number of ether oxygens (including phenoxy) is 1. The first-order chi connectivity index (χ1) is 13.5. The van der Waals surface area contributed by atoms with Crippen LogP contribution in [0.25, 0.3) is 10.9 Å². The van der Waals surface area contributed by atoms with Crippen LogP contribution < -0.4 is 10.3 Å². The van der Waals surface area contributed by atoms with Crippen molar-refractivity contribution in [3.63, 3.8) is 0 Å². The maximum atomic E-state index is 12.9. The van der Waals surface area contributed by atoms with Gasteiger partial charge in [-0.05, 0) is 36.8 Å². The van der Waals surface area contributed by atoms with Crippen LogP contribution in [0.15, 0.2) is 52.4 Å². The van der Waals surface area contributed by atoms with Gasteiger partial charge < -0.3 is 4.74 Å². The number of unbranched alkanes of at least 4 members (excludes halogenated alkanes) is 1. The minimum atomic E-state index is -0.0843. The zero-order valence-corrected chi connectivity index (χ0v) is 17.3. The van der Waals surface area contributed by atoms with Gasteiger partial charge in [0.25, 0.3) is 5.56 Å². The summed E-state index contributed by atoms with van der Waals surface area (Å²) in [6, 6.07) is 12.2. The van der Waals surface area contributed by atoms with Crippen molar-refractivity contribution >= 4 is 40.0 Å². The van der Waals surface area contributed by atoms with E-state index in [0.29, 0.717) is 38.9 Å². The Kier molecular flexibility index (Phi) is 6.75. The van der Waals surface area contributed by atoms with Gasteiger partial charge in [0.15, 0.2) is 10.9 Å². The highest BCUT2D eigenvalue weighted by molar-refractivity contribution is 7.99. The second-order valence-electron chi connectivity index (χ2n) is 6.28. The molecule has 0 radical (unpaired) electrons. The van der Waals surface area contributed by atoms with Crippen LogP contribution in [-0.2, 0) is 6.54 Å². The second kappa shape index (κ2) is 9.26. The molecule has 2 aromatic carbocycles. The van der Waals surface area contributed by atoms with Gasteiger partial charge in [-0.25, -0.2) is 4.98 Å². The van der Waals surface area contributed by atoms with E-state index < -0.39 is 0 Å². The molecule has 0 spiro atoms. The van der Waals surface area contributed by atoms with Crippen molar-refractivity contribution in [3.8, 4) is 5.75 Å². The molecule has 0 aliphatic heterocycles. The molecule has 0 atom stereocenters. The molecule has 0 N–H and O–H groups in total. The van der Waals surface area contributed by atoms with E-state index in [-0.39, 0.29) is 17.1 Å². The predicted octanol–water partition coefficient (Wildman–Crippen LogP) is 4.83. The summed E-state index contributed by atoms with van der Waals surface area (Å²) >= 11 is 7.39. The third-order valence-corrected chi connectivity index (χ3v) is 5.64. The molecule has 5 nitrogen and oxygen atoms in total. The van der Waals surface area contributed by atoms with Crippen LogP contribution in [0.4, 0.5) is 0 Å². The number of aromatic nitrogens is 2. The summed E-state index contributed by atoms with van der Waals surface area (Å²) in [6.45, 7) is 2.65. The molecule has 0 saturated heterocycles. The quantitative estimate of drug-likeness (QED) is 0.299. The summed E-state index contributed by atoms with van der Waals surface area (Å²) in [4.78, 5) is 30.1. The van der Waals surface area contributed by atoms with E-state index in [4.69, 9.17) is 16.3 Å². The lowest BCUT2D eigenvalue weighted by atomic mass is 10.1. The van der Waals surface area contributed by atoms with Crippen LogP contribution in [0.5, 0.6) is 5.75 Å². The Morgan fingerprint density at radius 2 is 2.04 bits per heavy atom. The molecule has 1 heterocycles. The van der Waals surface area contributed by atoms with Crippen molar-refractivity contribution in [1.29, 1.82) is 0 Å². The van der Waals surface area contributed by atoms with E-state index in [0.717, 1.165) is 12.8 Å². The number of fused-ring (bicyclic) bond motifs is 1. The molecule has 0 bridgehead atoms. The fourth-order valence-corrected chi connectivity index (χ4v) is 4.00. The van der Waals surface area contributed by atoms with E-state index in [1.54, 1.807) is 28.8 Å². The predicted molar refractivity (Wildman–Crippen MR) is 114 cm³/mol. The van der Waals surface area contributed by atoms with Gasteiger partial charge in [-0.3, -0.25) is 14.2 Å². The smallest absolute Gasteiger partial charge is 0.262 e. The Morgan fingerprint density at radius 3 is 2.75 bits per heavy atom. The number of benzene rings is 2. The normalized spacial score (nSPS) is 11.0. The first-order valence-electron chi connectivity index (χ1n) is 9.04. The highest BCUT2D eigenvalue weighted by Gasteiger charge is 2.15. The second-order valence-corrected chi connectivity index (χ2v) is 7.63. The number of thioether (sulfide) groups is 1. The molecule has 1 aromatic heterocycles. The summed E-state index contributed by atoms with van der Waals surface area (Å²) in [7, 11) is 1.53. The van der Waals surface area contributed by atoms with Gasteiger partial charge in [-0.15, -0.1) is 0 Å². The van der Waals surface area contributed by atoms with E-state index in [2.05, 4.69) is 11.9 Å². The van der Waals surface area contributed by atoms with E-state index in [1.165, 1.54) is 18.9 Å². The van der Waals surface area contributed by atoms with Gasteiger partial charge in [0.2, 0.25) is 0 Å². The number of hydrogen-bond donors (Lipinski definition) is 0. The number of methoxy groups -OCH3 is 1. The third-order valence-electron chi connectivity index (χ3n) is 4.37. The zero-order chi connectivity index (χ0) is 20.1. The van der Waals surface area contributed by atoms with E-state index >= 15 is 0 Å². The average molecular weight is 417 g/mol. The Bertz CT molecular complexity index is 1070. The first-order valence-corrected chi connectivity index (χ1v) is 10.4. The fraction of sp³-hybridized carbons (Fsp3) is 0.286. The summed E-state index contributed by atoms with van der Waals surface area (Å²) in [5, 5.41) is 1.54. The number of carbonyl (C=O) groups is 1. The van der Waals surface area contributed by atoms with Crippen molar-refractivity contribution in [1.82, 2.24) is 9.55 Å². The Hall–Kier alpha value is -2.31. The molecular formula is C21H21ClN2O3S. The zero-order valence-electron chi connectivity index (χ0n) is 15.8. The minimum Gasteiger partial charge on any atom is -0.495 e.